The second-order valence-corrected chi connectivity index (χ2v) is 7.29. The predicted molar refractivity (Wildman–Crippen MR) is 93.5 cm³/mol. The minimum absolute atomic E-state index is 0.117. The topological polar surface area (TPSA) is 44.8 Å². The summed E-state index contributed by atoms with van der Waals surface area (Å²) >= 11 is 0. The molecule has 1 aliphatic carbocycles. The van der Waals surface area contributed by atoms with E-state index >= 15 is 0 Å². The maximum Gasteiger partial charge on any atom is 0.234 e. The molecule has 0 aromatic carbocycles. The van der Waals surface area contributed by atoms with Gasteiger partial charge in [0.05, 0.1) is 13.2 Å². The number of methoxy groups -OCH3 is 1. The second kappa shape index (κ2) is 10.3. The molecule has 1 saturated carbocycles. The minimum atomic E-state index is 0.117. The molecule has 1 aliphatic heterocycles. The molecule has 0 aromatic heterocycles. The number of hydrogen-bond donors (Lipinski definition) is 1. The Bertz CT molecular complexity index is 337. The SMILES string of the molecule is COCCNC(=O)CN1CCN(C[C@H](C)C2CCCCC2)CC1. The van der Waals surface area contributed by atoms with Gasteiger partial charge >= 0.3 is 0 Å². The standard InChI is InChI=1S/C18H35N3O2/c1-16(17-6-4-3-5-7-17)14-20-9-11-21(12-10-20)15-18(22)19-8-13-23-2/h16-17H,3-15H2,1-2H3,(H,19,22)/t16-/m0/s1. The van der Waals surface area contributed by atoms with E-state index in [1.807, 2.05) is 0 Å². The van der Waals surface area contributed by atoms with Crippen molar-refractivity contribution in [2.75, 3.05) is 59.5 Å². The van der Waals surface area contributed by atoms with E-state index in [4.69, 9.17) is 4.74 Å². The maximum atomic E-state index is 11.8. The van der Waals surface area contributed by atoms with Gasteiger partial charge in [0.15, 0.2) is 0 Å². The molecular formula is C18H35N3O2. The summed E-state index contributed by atoms with van der Waals surface area (Å²) in [5.41, 5.74) is 0. The lowest BCUT2D eigenvalue weighted by Crippen LogP contribution is -2.50. The zero-order chi connectivity index (χ0) is 16.5. The summed E-state index contributed by atoms with van der Waals surface area (Å²) in [6, 6.07) is 0. The molecule has 1 N–H and O–H groups in total. The first-order chi connectivity index (χ1) is 11.2. The maximum absolute atomic E-state index is 11.8. The van der Waals surface area contributed by atoms with Crippen LogP contribution >= 0.6 is 0 Å². The molecule has 134 valence electrons. The first kappa shape index (κ1) is 18.7. The molecule has 0 spiro atoms. The summed E-state index contributed by atoms with van der Waals surface area (Å²) in [5.74, 6) is 1.87. The van der Waals surface area contributed by atoms with Gasteiger partial charge in [-0.2, -0.15) is 0 Å². The van der Waals surface area contributed by atoms with Gasteiger partial charge in [-0.1, -0.05) is 39.0 Å². The van der Waals surface area contributed by atoms with Crippen LogP contribution < -0.4 is 5.32 Å². The smallest absolute Gasteiger partial charge is 0.234 e. The van der Waals surface area contributed by atoms with Crippen molar-refractivity contribution in [3.63, 3.8) is 0 Å². The van der Waals surface area contributed by atoms with Gasteiger partial charge in [-0.05, 0) is 11.8 Å². The van der Waals surface area contributed by atoms with E-state index in [2.05, 4.69) is 22.0 Å². The highest BCUT2D eigenvalue weighted by Crippen LogP contribution is 2.30. The fourth-order valence-corrected chi connectivity index (χ4v) is 3.94. The predicted octanol–water partition coefficient (Wildman–Crippen LogP) is 1.58. The summed E-state index contributed by atoms with van der Waals surface area (Å²) < 4.78 is 4.95. The van der Waals surface area contributed by atoms with Gasteiger partial charge in [-0.15, -0.1) is 0 Å². The Morgan fingerprint density at radius 2 is 1.78 bits per heavy atom. The van der Waals surface area contributed by atoms with Crippen LogP contribution in [0.15, 0.2) is 0 Å². The highest BCUT2D eigenvalue weighted by atomic mass is 16.5. The Hall–Kier alpha value is -0.650. The number of carbonyl (C=O) groups is 1. The van der Waals surface area contributed by atoms with Crippen molar-refractivity contribution in [2.24, 2.45) is 11.8 Å². The molecule has 1 saturated heterocycles. The third kappa shape index (κ3) is 6.77. The molecular weight excluding hydrogens is 290 g/mol. The number of rotatable bonds is 8. The Balaban J connectivity index is 1.60. The monoisotopic (exact) mass is 325 g/mol. The van der Waals surface area contributed by atoms with Crippen LogP contribution in [0.4, 0.5) is 0 Å². The van der Waals surface area contributed by atoms with Crippen molar-refractivity contribution in [3.05, 3.63) is 0 Å². The van der Waals surface area contributed by atoms with Crippen LogP contribution in [0.5, 0.6) is 0 Å². The van der Waals surface area contributed by atoms with Gasteiger partial charge in [0.25, 0.3) is 0 Å². The lowest BCUT2D eigenvalue weighted by Gasteiger charge is -2.37. The molecule has 1 amide bonds. The number of piperazine rings is 1. The summed E-state index contributed by atoms with van der Waals surface area (Å²) in [6.45, 7) is 9.60. The number of amides is 1. The number of hydrogen-bond acceptors (Lipinski definition) is 4. The van der Waals surface area contributed by atoms with Gasteiger partial charge < -0.3 is 15.0 Å². The van der Waals surface area contributed by atoms with Crippen LogP contribution in [0.2, 0.25) is 0 Å². The molecule has 1 heterocycles. The van der Waals surface area contributed by atoms with Crippen molar-refractivity contribution in [3.8, 4) is 0 Å². The van der Waals surface area contributed by atoms with Crippen LogP contribution in [-0.2, 0) is 9.53 Å². The molecule has 23 heavy (non-hydrogen) atoms. The zero-order valence-corrected chi connectivity index (χ0v) is 15.1. The second-order valence-electron chi connectivity index (χ2n) is 7.29. The first-order valence-electron chi connectivity index (χ1n) is 9.39. The van der Waals surface area contributed by atoms with E-state index in [0.717, 1.165) is 38.0 Å². The molecule has 0 bridgehead atoms. The van der Waals surface area contributed by atoms with Crippen LogP contribution in [0.1, 0.15) is 39.0 Å². The fourth-order valence-electron chi connectivity index (χ4n) is 3.94. The zero-order valence-electron chi connectivity index (χ0n) is 15.1. The Morgan fingerprint density at radius 3 is 2.43 bits per heavy atom. The third-order valence-corrected chi connectivity index (χ3v) is 5.46. The minimum Gasteiger partial charge on any atom is -0.383 e. The van der Waals surface area contributed by atoms with Gasteiger partial charge in [-0.3, -0.25) is 9.69 Å². The fraction of sp³-hybridized carbons (Fsp3) is 0.944. The van der Waals surface area contributed by atoms with E-state index in [1.54, 1.807) is 7.11 Å². The quantitative estimate of drug-likeness (QED) is 0.688. The number of ether oxygens (including phenoxy) is 1. The van der Waals surface area contributed by atoms with Crippen LogP contribution in [-0.4, -0.2) is 75.2 Å². The van der Waals surface area contributed by atoms with E-state index in [-0.39, 0.29) is 5.91 Å². The normalized spacial score (nSPS) is 22.9. The Labute approximate surface area is 141 Å². The van der Waals surface area contributed by atoms with E-state index in [1.165, 1.54) is 38.6 Å². The Kier molecular flexibility index (Phi) is 8.34. The number of nitrogens with zero attached hydrogens (tertiary/aromatic N) is 2. The number of nitrogens with one attached hydrogen (secondary N) is 1. The lowest BCUT2D eigenvalue weighted by atomic mass is 9.80. The van der Waals surface area contributed by atoms with Crippen LogP contribution in [0, 0.1) is 11.8 Å². The molecule has 5 heteroatoms. The molecule has 0 aromatic rings. The van der Waals surface area contributed by atoms with Crippen molar-refractivity contribution >= 4 is 5.91 Å². The summed E-state index contributed by atoms with van der Waals surface area (Å²) in [5, 5.41) is 2.90. The van der Waals surface area contributed by atoms with Crippen LogP contribution in [0.3, 0.4) is 0 Å². The summed E-state index contributed by atoms with van der Waals surface area (Å²) in [6.07, 6.45) is 7.17. The third-order valence-electron chi connectivity index (χ3n) is 5.46. The number of carbonyl (C=O) groups excluding carboxylic acids is 1. The highest BCUT2D eigenvalue weighted by Gasteiger charge is 2.24. The van der Waals surface area contributed by atoms with E-state index in [9.17, 15) is 4.79 Å². The molecule has 0 unspecified atom stereocenters. The van der Waals surface area contributed by atoms with E-state index in [0.29, 0.717) is 19.7 Å². The largest absolute Gasteiger partial charge is 0.383 e. The first-order valence-corrected chi connectivity index (χ1v) is 9.39. The van der Waals surface area contributed by atoms with Crippen molar-refractivity contribution in [2.45, 2.75) is 39.0 Å². The molecule has 2 aliphatic rings. The van der Waals surface area contributed by atoms with E-state index < -0.39 is 0 Å². The Morgan fingerprint density at radius 1 is 1.13 bits per heavy atom. The van der Waals surface area contributed by atoms with Crippen molar-refractivity contribution in [1.29, 1.82) is 0 Å². The summed E-state index contributed by atoms with van der Waals surface area (Å²) in [7, 11) is 1.65. The van der Waals surface area contributed by atoms with Crippen molar-refractivity contribution in [1.82, 2.24) is 15.1 Å². The van der Waals surface area contributed by atoms with Gasteiger partial charge in [0.2, 0.25) is 5.91 Å². The lowest BCUT2D eigenvalue weighted by molar-refractivity contribution is -0.122. The molecule has 2 rings (SSSR count). The average molecular weight is 325 g/mol. The average Bonchev–Trinajstić information content (AvgIpc) is 2.57. The van der Waals surface area contributed by atoms with Gasteiger partial charge in [0.1, 0.15) is 0 Å². The molecule has 2 fully saturated rings. The summed E-state index contributed by atoms with van der Waals surface area (Å²) in [4.78, 5) is 16.7. The molecule has 1 atom stereocenters. The molecule has 0 radical (unpaired) electrons. The molecule has 5 nitrogen and oxygen atoms in total. The van der Waals surface area contributed by atoms with Gasteiger partial charge in [0, 0.05) is 46.4 Å². The highest BCUT2D eigenvalue weighted by molar-refractivity contribution is 5.77. The van der Waals surface area contributed by atoms with Crippen LogP contribution in [0.25, 0.3) is 0 Å². The van der Waals surface area contributed by atoms with Gasteiger partial charge in [-0.25, -0.2) is 0 Å². The van der Waals surface area contributed by atoms with Crippen molar-refractivity contribution < 1.29 is 9.53 Å².